The summed E-state index contributed by atoms with van der Waals surface area (Å²) in [6, 6.07) is 2.12. The van der Waals surface area contributed by atoms with Gasteiger partial charge in [-0.2, -0.15) is 0 Å². The second-order valence-corrected chi connectivity index (χ2v) is 3.79. The molecule has 0 radical (unpaired) electrons. The first-order chi connectivity index (χ1) is 6.66. The van der Waals surface area contributed by atoms with Crippen LogP contribution in [0.5, 0.6) is 0 Å². The Labute approximate surface area is 84.6 Å². The van der Waals surface area contributed by atoms with Crippen LogP contribution in [0.25, 0.3) is 11.0 Å². The predicted molar refractivity (Wildman–Crippen MR) is 59.6 cm³/mol. The van der Waals surface area contributed by atoms with E-state index in [9.17, 15) is 0 Å². The van der Waals surface area contributed by atoms with Crippen molar-refractivity contribution in [1.82, 2.24) is 9.55 Å². The maximum Gasteiger partial charge on any atom is 0.140 e. The van der Waals surface area contributed by atoms with Crippen LogP contribution in [-0.4, -0.2) is 9.55 Å². The Bertz CT molecular complexity index is 481. The van der Waals surface area contributed by atoms with E-state index in [4.69, 9.17) is 0 Å². The second-order valence-electron chi connectivity index (χ2n) is 3.79. The molecule has 0 bridgehead atoms. The molecule has 14 heavy (non-hydrogen) atoms. The molecule has 2 rings (SSSR count). The van der Waals surface area contributed by atoms with Gasteiger partial charge in [0.1, 0.15) is 5.65 Å². The normalized spacial score (nSPS) is 11.1. The van der Waals surface area contributed by atoms with Gasteiger partial charge in [0.2, 0.25) is 0 Å². The summed E-state index contributed by atoms with van der Waals surface area (Å²) in [6.07, 6.45) is 2.98. The Morgan fingerprint density at radius 1 is 1.36 bits per heavy atom. The molecular formula is C12H16N2. The van der Waals surface area contributed by atoms with E-state index in [0.717, 1.165) is 12.1 Å². The summed E-state index contributed by atoms with van der Waals surface area (Å²) in [5.41, 5.74) is 5.19. The van der Waals surface area contributed by atoms with Crippen molar-refractivity contribution >= 4 is 11.0 Å². The predicted octanol–water partition coefficient (Wildman–Crippen LogP) is 2.75. The van der Waals surface area contributed by atoms with E-state index in [0.29, 0.717) is 0 Å². The van der Waals surface area contributed by atoms with E-state index in [1.165, 1.54) is 22.2 Å². The van der Waals surface area contributed by atoms with Crippen LogP contribution in [0.3, 0.4) is 0 Å². The van der Waals surface area contributed by atoms with Crippen molar-refractivity contribution < 1.29 is 0 Å². The van der Waals surface area contributed by atoms with Crippen LogP contribution >= 0.6 is 0 Å². The lowest BCUT2D eigenvalue weighted by Gasteiger charge is -2.00. The number of aryl methyl sites for hydroxylation is 3. The lowest BCUT2D eigenvalue weighted by atomic mass is 10.1. The lowest BCUT2D eigenvalue weighted by Crippen LogP contribution is -1.92. The number of fused-ring (bicyclic) bond motifs is 1. The van der Waals surface area contributed by atoms with Gasteiger partial charge < -0.3 is 4.57 Å². The molecule has 0 saturated carbocycles. The minimum absolute atomic E-state index is 1.07. The Kier molecular flexibility index (Phi) is 2.06. The van der Waals surface area contributed by atoms with Crippen LogP contribution in [0.15, 0.2) is 12.3 Å². The van der Waals surface area contributed by atoms with E-state index in [1.807, 2.05) is 6.20 Å². The zero-order valence-corrected chi connectivity index (χ0v) is 9.26. The van der Waals surface area contributed by atoms with Gasteiger partial charge >= 0.3 is 0 Å². The van der Waals surface area contributed by atoms with Crippen molar-refractivity contribution in [2.75, 3.05) is 0 Å². The number of hydrogen-bond donors (Lipinski definition) is 0. The molecule has 0 amide bonds. The first-order valence-electron chi connectivity index (χ1n) is 5.06. The Balaban J connectivity index is 2.94. The van der Waals surface area contributed by atoms with Gasteiger partial charge in [-0.1, -0.05) is 6.92 Å². The molecule has 2 heterocycles. The van der Waals surface area contributed by atoms with Crippen LogP contribution in [-0.2, 0) is 13.5 Å². The van der Waals surface area contributed by atoms with Gasteiger partial charge in [0.05, 0.1) is 0 Å². The van der Waals surface area contributed by atoms with Crippen LogP contribution in [0, 0.1) is 13.8 Å². The third-order valence-electron chi connectivity index (χ3n) is 3.14. The third-order valence-corrected chi connectivity index (χ3v) is 3.14. The van der Waals surface area contributed by atoms with Crippen LogP contribution in [0.2, 0.25) is 0 Å². The fourth-order valence-corrected chi connectivity index (χ4v) is 2.04. The molecule has 0 aliphatic carbocycles. The van der Waals surface area contributed by atoms with Gasteiger partial charge in [0, 0.05) is 24.3 Å². The molecule has 0 N–H and O–H groups in total. The topological polar surface area (TPSA) is 17.8 Å². The molecule has 0 saturated heterocycles. The highest BCUT2D eigenvalue weighted by atomic mass is 15.0. The first kappa shape index (κ1) is 9.25. The highest BCUT2D eigenvalue weighted by molar-refractivity contribution is 5.85. The molecule has 2 aromatic heterocycles. The maximum atomic E-state index is 4.43. The summed E-state index contributed by atoms with van der Waals surface area (Å²) < 4.78 is 2.17. The fourth-order valence-electron chi connectivity index (χ4n) is 2.04. The van der Waals surface area contributed by atoms with Gasteiger partial charge in [-0.3, -0.25) is 0 Å². The second kappa shape index (κ2) is 3.12. The molecule has 0 aliphatic heterocycles. The number of hydrogen-bond acceptors (Lipinski definition) is 1. The first-order valence-corrected chi connectivity index (χ1v) is 5.06. The largest absolute Gasteiger partial charge is 0.333 e. The summed E-state index contributed by atoms with van der Waals surface area (Å²) in [5, 5.41) is 1.34. The Morgan fingerprint density at radius 3 is 2.71 bits per heavy atom. The molecular weight excluding hydrogens is 172 g/mol. The number of rotatable bonds is 1. The summed E-state index contributed by atoms with van der Waals surface area (Å²) >= 11 is 0. The molecule has 2 nitrogen and oxygen atoms in total. The van der Waals surface area contributed by atoms with E-state index in [1.54, 1.807) is 0 Å². The van der Waals surface area contributed by atoms with E-state index in [2.05, 4.69) is 43.4 Å². The molecule has 0 aliphatic rings. The van der Waals surface area contributed by atoms with E-state index >= 15 is 0 Å². The SMILES string of the molecule is CCc1ccnc2c1c(C)c(C)n2C. The zero-order chi connectivity index (χ0) is 10.3. The lowest BCUT2D eigenvalue weighted by molar-refractivity contribution is 0.895. The highest BCUT2D eigenvalue weighted by Crippen LogP contribution is 2.25. The number of pyridine rings is 1. The van der Waals surface area contributed by atoms with Crippen LogP contribution in [0.1, 0.15) is 23.7 Å². The van der Waals surface area contributed by atoms with E-state index < -0.39 is 0 Å². The van der Waals surface area contributed by atoms with Crippen molar-refractivity contribution in [3.8, 4) is 0 Å². The molecule has 0 unspecified atom stereocenters. The minimum Gasteiger partial charge on any atom is -0.333 e. The quantitative estimate of drug-likeness (QED) is 0.673. The molecule has 2 heteroatoms. The summed E-state index contributed by atoms with van der Waals surface area (Å²) in [6.45, 7) is 6.52. The highest BCUT2D eigenvalue weighted by Gasteiger charge is 2.11. The standard InChI is InChI=1S/C12H16N2/c1-5-10-6-7-13-12-11(10)8(2)9(3)14(12)4/h6-7H,5H2,1-4H3. The molecule has 0 atom stereocenters. The molecule has 0 spiro atoms. The Morgan fingerprint density at radius 2 is 2.07 bits per heavy atom. The van der Waals surface area contributed by atoms with Crippen molar-refractivity contribution in [2.24, 2.45) is 7.05 Å². The van der Waals surface area contributed by atoms with Gasteiger partial charge in [0.15, 0.2) is 0 Å². The van der Waals surface area contributed by atoms with Crippen molar-refractivity contribution in [3.05, 3.63) is 29.1 Å². The molecule has 2 aromatic rings. The smallest absolute Gasteiger partial charge is 0.140 e. The van der Waals surface area contributed by atoms with Crippen molar-refractivity contribution in [1.29, 1.82) is 0 Å². The Hall–Kier alpha value is -1.31. The van der Waals surface area contributed by atoms with Gasteiger partial charge in [-0.05, 0) is 37.5 Å². The van der Waals surface area contributed by atoms with Gasteiger partial charge in [0.25, 0.3) is 0 Å². The average molecular weight is 188 g/mol. The summed E-state index contributed by atoms with van der Waals surface area (Å²) in [5.74, 6) is 0. The number of nitrogens with zero attached hydrogens (tertiary/aromatic N) is 2. The van der Waals surface area contributed by atoms with E-state index in [-0.39, 0.29) is 0 Å². The summed E-state index contributed by atoms with van der Waals surface area (Å²) in [4.78, 5) is 4.43. The minimum atomic E-state index is 1.07. The van der Waals surface area contributed by atoms with Gasteiger partial charge in [-0.15, -0.1) is 0 Å². The summed E-state index contributed by atoms with van der Waals surface area (Å²) in [7, 11) is 2.08. The van der Waals surface area contributed by atoms with Crippen LogP contribution < -0.4 is 0 Å². The average Bonchev–Trinajstić information content (AvgIpc) is 2.44. The number of aromatic nitrogens is 2. The van der Waals surface area contributed by atoms with Crippen molar-refractivity contribution in [3.63, 3.8) is 0 Å². The van der Waals surface area contributed by atoms with Crippen molar-refractivity contribution in [2.45, 2.75) is 27.2 Å². The van der Waals surface area contributed by atoms with Gasteiger partial charge in [-0.25, -0.2) is 4.98 Å². The maximum absolute atomic E-state index is 4.43. The zero-order valence-electron chi connectivity index (χ0n) is 9.26. The monoisotopic (exact) mass is 188 g/mol. The third kappa shape index (κ3) is 1.07. The molecule has 74 valence electrons. The fraction of sp³-hybridized carbons (Fsp3) is 0.417. The van der Waals surface area contributed by atoms with Crippen LogP contribution in [0.4, 0.5) is 0 Å². The molecule has 0 aromatic carbocycles. The molecule has 0 fully saturated rings.